The van der Waals surface area contributed by atoms with Crippen molar-refractivity contribution in [2.45, 2.75) is 38.0 Å². The summed E-state index contributed by atoms with van der Waals surface area (Å²) >= 11 is 6.00. The number of rotatable bonds is 2. The lowest BCUT2D eigenvalue weighted by atomic mass is 9.63. The highest BCUT2D eigenvalue weighted by Gasteiger charge is 2.38. The van der Waals surface area contributed by atoms with Gasteiger partial charge in [-0.05, 0) is 37.0 Å². The molecule has 1 aliphatic carbocycles. The van der Waals surface area contributed by atoms with Crippen LogP contribution in [-0.2, 0) is 5.41 Å². The third kappa shape index (κ3) is 1.75. The van der Waals surface area contributed by atoms with Gasteiger partial charge in [0.1, 0.15) is 0 Å². The van der Waals surface area contributed by atoms with Gasteiger partial charge >= 0.3 is 0 Å². The molecule has 78 valence electrons. The van der Waals surface area contributed by atoms with Gasteiger partial charge in [0.2, 0.25) is 0 Å². The normalized spacial score (nSPS) is 17.9. The first kappa shape index (κ1) is 10.5. The average Bonchev–Trinajstić information content (AvgIpc) is 2.16. The summed E-state index contributed by atoms with van der Waals surface area (Å²) in [5.74, 6) is 0. The van der Waals surface area contributed by atoms with Crippen LogP contribution in [0.5, 0.6) is 0 Å². The Morgan fingerprint density at radius 2 is 2.20 bits per heavy atom. The SMILES string of the molecule is Cc1cc(C2(CC#N)CCC2)ccc1Cl. The van der Waals surface area contributed by atoms with Crippen molar-refractivity contribution in [1.82, 2.24) is 0 Å². The smallest absolute Gasteiger partial charge is 0.0631 e. The molecule has 1 aromatic rings. The van der Waals surface area contributed by atoms with Crippen LogP contribution < -0.4 is 0 Å². The highest BCUT2D eigenvalue weighted by molar-refractivity contribution is 6.31. The Bertz CT molecular complexity index is 413. The van der Waals surface area contributed by atoms with Gasteiger partial charge in [-0.1, -0.05) is 30.2 Å². The Labute approximate surface area is 95.7 Å². The predicted octanol–water partition coefficient (Wildman–Crippen LogP) is 3.98. The Morgan fingerprint density at radius 3 is 2.67 bits per heavy atom. The van der Waals surface area contributed by atoms with Gasteiger partial charge in [0.15, 0.2) is 0 Å². The molecule has 0 unspecified atom stereocenters. The van der Waals surface area contributed by atoms with E-state index < -0.39 is 0 Å². The second kappa shape index (κ2) is 3.87. The van der Waals surface area contributed by atoms with Crippen LogP contribution in [0.1, 0.15) is 36.8 Å². The summed E-state index contributed by atoms with van der Waals surface area (Å²) in [7, 11) is 0. The van der Waals surface area contributed by atoms with Gasteiger partial charge in [0, 0.05) is 16.9 Å². The Kier molecular flexibility index (Phi) is 2.71. The van der Waals surface area contributed by atoms with E-state index in [1.165, 1.54) is 12.0 Å². The molecule has 0 radical (unpaired) electrons. The second-order valence-corrected chi connectivity index (χ2v) is 4.84. The molecule has 0 atom stereocenters. The zero-order valence-electron chi connectivity index (χ0n) is 8.89. The van der Waals surface area contributed by atoms with Crippen molar-refractivity contribution >= 4 is 11.6 Å². The van der Waals surface area contributed by atoms with Crippen molar-refractivity contribution in [1.29, 1.82) is 5.26 Å². The molecule has 1 aliphatic rings. The van der Waals surface area contributed by atoms with Gasteiger partial charge in [-0.3, -0.25) is 0 Å². The van der Waals surface area contributed by atoms with Crippen LogP contribution in [0, 0.1) is 18.3 Å². The van der Waals surface area contributed by atoms with Crippen molar-refractivity contribution in [3.63, 3.8) is 0 Å². The van der Waals surface area contributed by atoms with Gasteiger partial charge in [0.05, 0.1) is 6.07 Å². The van der Waals surface area contributed by atoms with E-state index in [4.69, 9.17) is 16.9 Å². The van der Waals surface area contributed by atoms with Crippen LogP contribution in [0.15, 0.2) is 18.2 Å². The molecule has 0 N–H and O–H groups in total. The van der Waals surface area contributed by atoms with Gasteiger partial charge in [-0.15, -0.1) is 0 Å². The second-order valence-electron chi connectivity index (χ2n) is 4.43. The van der Waals surface area contributed by atoms with E-state index in [1.807, 2.05) is 13.0 Å². The monoisotopic (exact) mass is 219 g/mol. The first-order valence-electron chi connectivity index (χ1n) is 5.31. The van der Waals surface area contributed by atoms with Crippen LogP contribution in [-0.4, -0.2) is 0 Å². The summed E-state index contributed by atoms with van der Waals surface area (Å²) in [5, 5.41) is 9.69. The molecule has 1 nitrogen and oxygen atoms in total. The summed E-state index contributed by atoms with van der Waals surface area (Å²) < 4.78 is 0. The maximum absolute atomic E-state index is 8.88. The zero-order chi connectivity index (χ0) is 10.9. The van der Waals surface area contributed by atoms with Crippen molar-refractivity contribution in [2.75, 3.05) is 0 Å². The molecule has 0 bridgehead atoms. The van der Waals surface area contributed by atoms with Crippen LogP contribution in [0.3, 0.4) is 0 Å². The maximum atomic E-state index is 8.88. The lowest BCUT2D eigenvalue weighted by Crippen LogP contribution is -2.33. The lowest BCUT2D eigenvalue weighted by molar-refractivity contribution is 0.249. The lowest BCUT2D eigenvalue weighted by Gasteiger charge is -2.41. The third-order valence-corrected chi connectivity index (χ3v) is 3.92. The molecule has 2 heteroatoms. The topological polar surface area (TPSA) is 23.8 Å². The molecular formula is C13H14ClN. The number of hydrogen-bond donors (Lipinski definition) is 0. The average molecular weight is 220 g/mol. The van der Waals surface area contributed by atoms with Crippen molar-refractivity contribution in [2.24, 2.45) is 0 Å². The highest BCUT2D eigenvalue weighted by atomic mass is 35.5. The quantitative estimate of drug-likeness (QED) is 0.738. The molecule has 0 aliphatic heterocycles. The fourth-order valence-electron chi connectivity index (χ4n) is 2.30. The third-order valence-electron chi connectivity index (χ3n) is 3.50. The molecule has 1 fully saturated rings. The number of nitrogens with zero attached hydrogens (tertiary/aromatic N) is 1. The predicted molar refractivity (Wildman–Crippen MR) is 61.9 cm³/mol. The summed E-state index contributed by atoms with van der Waals surface area (Å²) in [6.07, 6.45) is 4.15. The number of hydrogen-bond acceptors (Lipinski definition) is 1. The van der Waals surface area contributed by atoms with Gasteiger partial charge in [-0.25, -0.2) is 0 Å². The fourth-order valence-corrected chi connectivity index (χ4v) is 2.41. The number of aryl methyl sites for hydroxylation is 1. The van der Waals surface area contributed by atoms with Crippen molar-refractivity contribution in [3.8, 4) is 6.07 Å². The van der Waals surface area contributed by atoms with Crippen molar-refractivity contribution < 1.29 is 0 Å². The van der Waals surface area contributed by atoms with E-state index >= 15 is 0 Å². The molecule has 15 heavy (non-hydrogen) atoms. The summed E-state index contributed by atoms with van der Waals surface area (Å²) in [6.45, 7) is 2.02. The van der Waals surface area contributed by atoms with E-state index in [-0.39, 0.29) is 5.41 Å². The summed E-state index contributed by atoms with van der Waals surface area (Å²) in [5.41, 5.74) is 2.53. The molecule has 0 amide bonds. The van der Waals surface area contributed by atoms with E-state index in [2.05, 4.69) is 18.2 Å². The fraction of sp³-hybridized carbons (Fsp3) is 0.462. The van der Waals surface area contributed by atoms with Crippen LogP contribution in [0.4, 0.5) is 0 Å². The van der Waals surface area contributed by atoms with Crippen LogP contribution in [0.2, 0.25) is 5.02 Å². The number of nitriles is 1. The molecule has 1 saturated carbocycles. The van der Waals surface area contributed by atoms with Crippen LogP contribution in [0.25, 0.3) is 0 Å². The van der Waals surface area contributed by atoms with Crippen molar-refractivity contribution in [3.05, 3.63) is 34.3 Å². The largest absolute Gasteiger partial charge is 0.198 e. The van der Waals surface area contributed by atoms with Gasteiger partial charge in [-0.2, -0.15) is 5.26 Å². The molecule has 0 saturated heterocycles. The maximum Gasteiger partial charge on any atom is 0.0631 e. The first-order valence-corrected chi connectivity index (χ1v) is 5.69. The number of benzene rings is 1. The molecular weight excluding hydrogens is 206 g/mol. The minimum absolute atomic E-state index is 0.129. The number of halogens is 1. The van der Waals surface area contributed by atoms with Gasteiger partial charge < -0.3 is 0 Å². The summed E-state index contributed by atoms with van der Waals surface area (Å²) in [4.78, 5) is 0. The minimum Gasteiger partial charge on any atom is -0.198 e. The van der Waals surface area contributed by atoms with Gasteiger partial charge in [0.25, 0.3) is 0 Å². The van der Waals surface area contributed by atoms with E-state index in [0.29, 0.717) is 6.42 Å². The van der Waals surface area contributed by atoms with E-state index in [1.54, 1.807) is 0 Å². The molecule has 0 spiro atoms. The van der Waals surface area contributed by atoms with Crippen LogP contribution >= 0.6 is 11.6 Å². The Hall–Kier alpha value is -1.000. The molecule has 0 heterocycles. The first-order chi connectivity index (χ1) is 7.18. The highest BCUT2D eigenvalue weighted by Crippen LogP contribution is 2.46. The molecule has 2 rings (SSSR count). The molecule has 0 aromatic heterocycles. The summed E-state index contributed by atoms with van der Waals surface area (Å²) in [6, 6.07) is 8.47. The van der Waals surface area contributed by atoms with E-state index in [9.17, 15) is 0 Å². The standard InChI is InChI=1S/C13H14ClN/c1-10-9-11(3-4-12(10)14)13(7-8-15)5-2-6-13/h3-4,9H,2,5-7H2,1H3. The van der Waals surface area contributed by atoms with E-state index in [0.717, 1.165) is 23.4 Å². The minimum atomic E-state index is 0.129. The zero-order valence-corrected chi connectivity index (χ0v) is 9.64. The molecule has 1 aromatic carbocycles. The Balaban J connectivity index is 2.36. The Morgan fingerprint density at radius 1 is 1.47 bits per heavy atom.